The van der Waals surface area contributed by atoms with Crippen LogP contribution in [0.4, 0.5) is 5.69 Å². The summed E-state index contributed by atoms with van der Waals surface area (Å²) >= 11 is 0. The van der Waals surface area contributed by atoms with Crippen LogP contribution in [0.15, 0.2) is 36.6 Å². The summed E-state index contributed by atoms with van der Waals surface area (Å²) in [5.74, 6) is 0.828. The summed E-state index contributed by atoms with van der Waals surface area (Å²) in [6.45, 7) is 6.47. The molecule has 0 bridgehead atoms. The minimum Gasteiger partial charge on any atom is -0.495 e. The highest BCUT2D eigenvalue weighted by atomic mass is 16.5. The molecular formula is C15H21NO2. The lowest BCUT2D eigenvalue weighted by atomic mass is 9.83. The monoisotopic (exact) mass is 247 g/mol. The maximum atomic E-state index is 5.76. The van der Waals surface area contributed by atoms with Crippen LogP contribution in [0.1, 0.15) is 27.2 Å². The fourth-order valence-corrected chi connectivity index (χ4v) is 2.44. The van der Waals surface area contributed by atoms with Gasteiger partial charge in [0.05, 0.1) is 19.1 Å². The second-order valence-electron chi connectivity index (χ2n) is 5.64. The molecule has 0 radical (unpaired) electrons. The first-order valence-corrected chi connectivity index (χ1v) is 6.21. The molecule has 3 nitrogen and oxygen atoms in total. The second kappa shape index (κ2) is 4.56. The van der Waals surface area contributed by atoms with Crippen molar-refractivity contribution in [3.05, 3.63) is 36.6 Å². The van der Waals surface area contributed by atoms with Gasteiger partial charge in [-0.3, -0.25) is 0 Å². The number of anilines is 1. The number of benzene rings is 1. The van der Waals surface area contributed by atoms with Crippen LogP contribution in [-0.4, -0.2) is 12.8 Å². The molecule has 1 aromatic carbocycles. The number of para-hydroxylation sites is 2. The van der Waals surface area contributed by atoms with Gasteiger partial charge < -0.3 is 14.8 Å². The molecular weight excluding hydrogens is 226 g/mol. The maximum Gasteiger partial charge on any atom is 0.177 e. The van der Waals surface area contributed by atoms with Crippen LogP contribution >= 0.6 is 0 Å². The largest absolute Gasteiger partial charge is 0.495 e. The lowest BCUT2D eigenvalue weighted by Gasteiger charge is -2.40. The molecule has 1 atom stereocenters. The fourth-order valence-electron chi connectivity index (χ4n) is 2.44. The van der Waals surface area contributed by atoms with Gasteiger partial charge in [-0.15, -0.1) is 0 Å². The first kappa shape index (κ1) is 12.8. The number of nitrogens with one attached hydrogen (secondary N) is 1. The summed E-state index contributed by atoms with van der Waals surface area (Å²) in [6.07, 6.45) is 4.78. The van der Waals surface area contributed by atoms with Gasteiger partial charge in [-0.2, -0.15) is 0 Å². The summed E-state index contributed by atoms with van der Waals surface area (Å²) in [7, 11) is 1.68. The van der Waals surface area contributed by atoms with E-state index in [1.54, 1.807) is 13.4 Å². The highest BCUT2D eigenvalue weighted by Gasteiger charge is 2.35. The van der Waals surface area contributed by atoms with E-state index in [4.69, 9.17) is 9.47 Å². The molecule has 1 aromatic rings. The molecule has 0 aliphatic carbocycles. The van der Waals surface area contributed by atoms with Gasteiger partial charge in [0.2, 0.25) is 0 Å². The van der Waals surface area contributed by atoms with Crippen LogP contribution in [-0.2, 0) is 4.74 Å². The Kier molecular flexibility index (Phi) is 3.24. The van der Waals surface area contributed by atoms with Crippen molar-refractivity contribution < 1.29 is 9.47 Å². The van der Waals surface area contributed by atoms with Gasteiger partial charge in [0.25, 0.3) is 0 Å². The zero-order valence-electron chi connectivity index (χ0n) is 11.5. The van der Waals surface area contributed by atoms with E-state index in [0.29, 0.717) is 0 Å². The normalized spacial score (nSPS) is 25.3. The van der Waals surface area contributed by atoms with Crippen molar-refractivity contribution in [3.63, 3.8) is 0 Å². The van der Waals surface area contributed by atoms with Crippen molar-refractivity contribution >= 4 is 5.69 Å². The van der Waals surface area contributed by atoms with Crippen LogP contribution in [0.5, 0.6) is 5.75 Å². The molecule has 0 fully saturated rings. The molecule has 1 aliphatic heterocycles. The maximum absolute atomic E-state index is 5.76. The molecule has 1 N–H and O–H groups in total. The number of hydrogen-bond donors (Lipinski definition) is 1. The molecule has 1 unspecified atom stereocenters. The van der Waals surface area contributed by atoms with Crippen LogP contribution in [0.3, 0.4) is 0 Å². The minimum absolute atomic E-state index is 0.127. The Morgan fingerprint density at radius 1 is 1.22 bits per heavy atom. The van der Waals surface area contributed by atoms with Crippen LogP contribution in [0, 0.1) is 5.41 Å². The number of ether oxygens (including phenoxy) is 2. The van der Waals surface area contributed by atoms with Gasteiger partial charge in [0.1, 0.15) is 5.75 Å². The number of allylic oxidation sites excluding steroid dienone is 1. The van der Waals surface area contributed by atoms with Crippen LogP contribution in [0.25, 0.3) is 0 Å². The van der Waals surface area contributed by atoms with Crippen LogP contribution in [0.2, 0.25) is 0 Å². The standard InChI is InChI=1S/C15H21NO2/c1-14(2)9-10-18-15(3,11-14)16-12-7-5-6-8-13(12)17-4/h5-10,16H,11H2,1-4H3. The number of hydrogen-bond acceptors (Lipinski definition) is 3. The predicted molar refractivity (Wildman–Crippen MR) is 73.6 cm³/mol. The average molecular weight is 247 g/mol. The van der Waals surface area contributed by atoms with Crippen molar-refractivity contribution in [1.82, 2.24) is 0 Å². The lowest BCUT2D eigenvalue weighted by molar-refractivity contribution is 0.0149. The van der Waals surface area contributed by atoms with Gasteiger partial charge in [0, 0.05) is 6.42 Å². The molecule has 0 saturated carbocycles. The molecule has 1 aliphatic rings. The first-order chi connectivity index (χ1) is 8.44. The molecule has 2 rings (SSSR count). The Bertz CT molecular complexity index is 454. The molecule has 98 valence electrons. The lowest BCUT2D eigenvalue weighted by Crippen LogP contribution is -2.42. The SMILES string of the molecule is COc1ccccc1NC1(C)CC(C)(C)C=CO1. The molecule has 3 heteroatoms. The summed E-state index contributed by atoms with van der Waals surface area (Å²) in [4.78, 5) is 0. The second-order valence-corrected chi connectivity index (χ2v) is 5.64. The minimum atomic E-state index is -0.410. The third kappa shape index (κ3) is 2.78. The zero-order chi connectivity index (χ0) is 13.2. The van der Waals surface area contributed by atoms with E-state index in [1.165, 1.54) is 0 Å². The summed E-state index contributed by atoms with van der Waals surface area (Å²) in [6, 6.07) is 7.88. The van der Waals surface area contributed by atoms with Gasteiger partial charge in [-0.05, 0) is 30.5 Å². The van der Waals surface area contributed by atoms with Gasteiger partial charge in [-0.25, -0.2) is 0 Å². The molecule has 1 heterocycles. The molecule has 0 saturated heterocycles. The van der Waals surface area contributed by atoms with Crippen molar-refractivity contribution in [1.29, 1.82) is 0 Å². The molecule has 0 spiro atoms. The third-order valence-electron chi connectivity index (χ3n) is 3.15. The van der Waals surface area contributed by atoms with Crippen molar-refractivity contribution in [2.45, 2.75) is 32.9 Å². The predicted octanol–water partition coefficient (Wildman–Crippen LogP) is 3.78. The Labute approximate surface area is 109 Å². The highest BCUT2D eigenvalue weighted by Crippen LogP contribution is 2.38. The summed E-state index contributed by atoms with van der Waals surface area (Å²) < 4.78 is 11.1. The Balaban J connectivity index is 2.20. The summed E-state index contributed by atoms with van der Waals surface area (Å²) in [5.41, 5.74) is 0.670. The highest BCUT2D eigenvalue weighted by molar-refractivity contribution is 5.57. The summed E-state index contributed by atoms with van der Waals surface area (Å²) in [5, 5.41) is 3.43. The van der Waals surface area contributed by atoms with Gasteiger partial charge in [-0.1, -0.05) is 26.0 Å². The van der Waals surface area contributed by atoms with Gasteiger partial charge in [0.15, 0.2) is 5.72 Å². The molecule has 0 amide bonds. The Hall–Kier alpha value is -1.64. The zero-order valence-corrected chi connectivity index (χ0v) is 11.5. The van der Waals surface area contributed by atoms with E-state index < -0.39 is 5.72 Å². The quantitative estimate of drug-likeness (QED) is 0.881. The van der Waals surface area contributed by atoms with E-state index in [0.717, 1.165) is 17.9 Å². The van der Waals surface area contributed by atoms with E-state index in [9.17, 15) is 0 Å². The number of methoxy groups -OCH3 is 1. The molecule has 18 heavy (non-hydrogen) atoms. The Morgan fingerprint density at radius 2 is 1.94 bits per heavy atom. The van der Waals surface area contributed by atoms with Crippen molar-refractivity contribution in [2.75, 3.05) is 12.4 Å². The Morgan fingerprint density at radius 3 is 2.61 bits per heavy atom. The average Bonchev–Trinajstić information content (AvgIpc) is 2.27. The van der Waals surface area contributed by atoms with Crippen LogP contribution < -0.4 is 10.1 Å². The van der Waals surface area contributed by atoms with Gasteiger partial charge >= 0.3 is 0 Å². The first-order valence-electron chi connectivity index (χ1n) is 6.21. The van der Waals surface area contributed by atoms with Crippen molar-refractivity contribution in [2.24, 2.45) is 5.41 Å². The fraction of sp³-hybridized carbons (Fsp3) is 0.467. The third-order valence-corrected chi connectivity index (χ3v) is 3.15. The van der Waals surface area contributed by atoms with Crippen molar-refractivity contribution in [3.8, 4) is 5.75 Å². The van der Waals surface area contributed by atoms with E-state index >= 15 is 0 Å². The number of rotatable bonds is 3. The van der Waals surface area contributed by atoms with E-state index in [1.807, 2.05) is 24.3 Å². The van der Waals surface area contributed by atoms with E-state index in [2.05, 4.69) is 32.2 Å². The topological polar surface area (TPSA) is 30.5 Å². The van der Waals surface area contributed by atoms with E-state index in [-0.39, 0.29) is 5.41 Å². The molecule has 0 aromatic heterocycles. The smallest absolute Gasteiger partial charge is 0.177 e.